The van der Waals surface area contributed by atoms with Gasteiger partial charge in [0.25, 0.3) is 0 Å². The van der Waals surface area contributed by atoms with E-state index in [1.54, 1.807) is 0 Å². The number of benzene rings is 10. The Labute approximate surface area is 372 Å². The van der Waals surface area contributed by atoms with Crippen LogP contribution in [0.5, 0.6) is 0 Å². The molecule has 0 radical (unpaired) electrons. The highest BCUT2D eigenvalue weighted by Crippen LogP contribution is 2.47. The molecule has 0 aliphatic carbocycles. The summed E-state index contributed by atoms with van der Waals surface area (Å²) in [5.74, 6) is 0. The second-order valence-electron chi connectivity index (χ2n) is 17.0. The fourth-order valence-corrected chi connectivity index (χ4v) is 10.2. The van der Waals surface area contributed by atoms with Crippen LogP contribution < -0.4 is 0 Å². The van der Waals surface area contributed by atoms with Gasteiger partial charge in [-0.2, -0.15) is 0 Å². The zero-order chi connectivity index (χ0) is 42.6. The maximum absolute atomic E-state index is 6.64. The number of rotatable bonds is 5. The summed E-state index contributed by atoms with van der Waals surface area (Å²) in [5.41, 5.74) is 17.0. The lowest BCUT2D eigenvalue weighted by atomic mass is 9.89. The Morgan fingerprint density at radius 2 is 0.708 bits per heavy atom. The van der Waals surface area contributed by atoms with Crippen molar-refractivity contribution in [1.82, 2.24) is 4.98 Å². The number of hydrogen-bond donors (Lipinski definition) is 0. The minimum Gasteiger partial charge on any atom is -0.456 e. The van der Waals surface area contributed by atoms with Crippen molar-refractivity contribution in [3.8, 4) is 55.8 Å². The van der Waals surface area contributed by atoms with Gasteiger partial charge in [-0.25, -0.2) is 4.98 Å². The Morgan fingerprint density at radius 3 is 1.34 bits per heavy atom. The van der Waals surface area contributed by atoms with Gasteiger partial charge in [0.1, 0.15) is 33.5 Å². The molecule has 0 amide bonds. The number of fused-ring (bicyclic) bond motifs is 12. The molecule has 0 spiro atoms. The number of furan rings is 3. The number of hydrogen-bond acceptors (Lipinski definition) is 4. The van der Waals surface area contributed by atoms with Gasteiger partial charge in [0, 0.05) is 59.6 Å². The first kappa shape index (κ1) is 35.8. The Balaban J connectivity index is 0.955. The van der Waals surface area contributed by atoms with E-state index in [2.05, 4.69) is 182 Å². The van der Waals surface area contributed by atoms with E-state index < -0.39 is 0 Å². The molecule has 0 bridgehead atoms. The SMILES string of the molecule is c1ccc(-c2c3c(cc4c(-c5ccc(-c6cc(-c7ccc8c(c7)oc7ccccc78)cc(-c7ccc8c(c7)oc7ccccc78)c6)cc5)nc5ccccc5c24)oc2ccccc23)cc1. The molecule has 14 aromatic rings. The normalized spacial score (nSPS) is 12.0. The van der Waals surface area contributed by atoms with Crippen LogP contribution in [0.4, 0.5) is 0 Å². The minimum absolute atomic E-state index is 0.846. The summed E-state index contributed by atoms with van der Waals surface area (Å²) in [6, 6.07) is 75.0. The lowest BCUT2D eigenvalue weighted by molar-refractivity contribution is 0.668. The summed E-state index contributed by atoms with van der Waals surface area (Å²) in [6.45, 7) is 0. The molecular weight excluding hydrogens is 795 g/mol. The Morgan fingerprint density at radius 1 is 0.246 bits per heavy atom. The van der Waals surface area contributed by atoms with Crippen LogP contribution in [0.1, 0.15) is 0 Å². The second-order valence-corrected chi connectivity index (χ2v) is 17.0. The molecule has 0 fully saturated rings. The number of pyridine rings is 1. The summed E-state index contributed by atoms with van der Waals surface area (Å²) in [4.78, 5) is 5.40. The summed E-state index contributed by atoms with van der Waals surface area (Å²) < 4.78 is 19.4. The van der Waals surface area contributed by atoms with Gasteiger partial charge < -0.3 is 13.3 Å². The van der Waals surface area contributed by atoms with E-state index in [1.807, 2.05) is 30.3 Å². The molecular formula is C61H35NO3. The zero-order valence-electron chi connectivity index (χ0n) is 34.9. The molecule has 0 aliphatic rings. The average Bonchev–Trinajstić information content (AvgIpc) is 4.06. The fraction of sp³-hybridized carbons (Fsp3) is 0. The second kappa shape index (κ2) is 13.9. The van der Waals surface area contributed by atoms with Crippen LogP contribution in [0.25, 0.3) is 143 Å². The molecule has 302 valence electrons. The van der Waals surface area contributed by atoms with Gasteiger partial charge in [-0.05, 0) is 112 Å². The van der Waals surface area contributed by atoms with Crippen LogP contribution in [0.15, 0.2) is 226 Å². The topological polar surface area (TPSA) is 52.3 Å². The van der Waals surface area contributed by atoms with E-state index >= 15 is 0 Å². The van der Waals surface area contributed by atoms with Crippen LogP contribution in [0.2, 0.25) is 0 Å². The molecule has 14 rings (SSSR count). The predicted molar refractivity (Wildman–Crippen MR) is 268 cm³/mol. The molecule has 0 N–H and O–H groups in total. The van der Waals surface area contributed by atoms with Crippen molar-refractivity contribution in [2.24, 2.45) is 0 Å². The Bertz CT molecular complexity index is 4100. The summed E-state index contributed by atoms with van der Waals surface area (Å²) in [5, 5.41) is 10.0. The smallest absolute Gasteiger partial charge is 0.136 e. The van der Waals surface area contributed by atoms with E-state index in [9.17, 15) is 0 Å². The fourth-order valence-electron chi connectivity index (χ4n) is 10.2. The van der Waals surface area contributed by atoms with Crippen LogP contribution in [0.3, 0.4) is 0 Å². The highest BCUT2D eigenvalue weighted by atomic mass is 16.3. The van der Waals surface area contributed by atoms with E-state index in [-0.39, 0.29) is 0 Å². The van der Waals surface area contributed by atoms with Gasteiger partial charge in [0.2, 0.25) is 0 Å². The van der Waals surface area contributed by atoms with E-state index in [4.69, 9.17) is 18.2 Å². The molecule has 4 heterocycles. The average molecular weight is 830 g/mol. The van der Waals surface area contributed by atoms with Crippen molar-refractivity contribution >= 4 is 87.5 Å². The summed E-state index contributed by atoms with van der Waals surface area (Å²) in [7, 11) is 0. The molecule has 4 aromatic heterocycles. The largest absolute Gasteiger partial charge is 0.456 e. The molecule has 65 heavy (non-hydrogen) atoms. The molecule has 10 aromatic carbocycles. The summed E-state index contributed by atoms with van der Waals surface area (Å²) in [6.07, 6.45) is 0. The predicted octanol–water partition coefficient (Wildman–Crippen LogP) is 17.4. The summed E-state index contributed by atoms with van der Waals surface area (Å²) >= 11 is 0. The third-order valence-electron chi connectivity index (χ3n) is 13.2. The van der Waals surface area contributed by atoms with E-state index in [1.165, 1.54) is 5.39 Å². The quantitative estimate of drug-likeness (QED) is 0.162. The maximum atomic E-state index is 6.64. The molecule has 4 heteroatoms. The van der Waals surface area contributed by atoms with E-state index in [0.29, 0.717) is 0 Å². The third kappa shape index (κ3) is 5.61. The van der Waals surface area contributed by atoms with Crippen molar-refractivity contribution in [3.05, 3.63) is 212 Å². The van der Waals surface area contributed by atoms with Crippen molar-refractivity contribution < 1.29 is 13.3 Å². The van der Waals surface area contributed by atoms with Gasteiger partial charge in [-0.1, -0.05) is 140 Å². The maximum Gasteiger partial charge on any atom is 0.136 e. The first-order valence-electron chi connectivity index (χ1n) is 22.0. The molecule has 0 unspecified atom stereocenters. The van der Waals surface area contributed by atoms with Crippen molar-refractivity contribution in [2.45, 2.75) is 0 Å². The van der Waals surface area contributed by atoms with Gasteiger partial charge in [-0.3, -0.25) is 0 Å². The van der Waals surface area contributed by atoms with E-state index in [0.717, 1.165) is 138 Å². The van der Waals surface area contributed by atoms with Crippen LogP contribution in [-0.4, -0.2) is 4.98 Å². The number of aromatic nitrogens is 1. The van der Waals surface area contributed by atoms with Crippen LogP contribution >= 0.6 is 0 Å². The van der Waals surface area contributed by atoms with Gasteiger partial charge in [0.15, 0.2) is 0 Å². The lowest BCUT2D eigenvalue weighted by Crippen LogP contribution is -1.93. The monoisotopic (exact) mass is 829 g/mol. The Kier molecular flexibility index (Phi) is 7.65. The third-order valence-corrected chi connectivity index (χ3v) is 13.2. The highest BCUT2D eigenvalue weighted by Gasteiger charge is 2.22. The molecule has 0 saturated heterocycles. The van der Waals surface area contributed by atoms with Crippen molar-refractivity contribution in [2.75, 3.05) is 0 Å². The van der Waals surface area contributed by atoms with Crippen molar-refractivity contribution in [1.29, 1.82) is 0 Å². The van der Waals surface area contributed by atoms with Crippen LogP contribution in [-0.2, 0) is 0 Å². The lowest BCUT2D eigenvalue weighted by Gasteiger charge is -2.16. The minimum atomic E-state index is 0.846. The van der Waals surface area contributed by atoms with Crippen LogP contribution in [0, 0.1) is 0 Å². The first-order valence-corrected chi connectivity index (χ1v) is 22.0. The number of nitrogens with zero attached hydrogens (tertiary/aromatic N) is 1. The molecule has 4 nitrogen and oxygen atoms in total. The zero-order valence-corrected chi connectivity index (χ0v) is 34.9. The van der Waals surface area contributed by atoms with Crippen molar-refractivity contribution in [3.63, 3.8) is 0 Å². The molecule has 0 saturated carbocycles. The van der Waals surface area contributed by atoms with Gasteiger partial charge in [0.05, 0.1) is 11.2 Å². The van der Waals surface area contributed by atoms with Gasteiger partial charge >= 0.3 is 0 Å². The number of para-hydroxylation sites is 4. The molecule has 0 aliphatic heterocycles. The molecule has 0 atom stereocenters. The highest BCUT2D eigenvalue weighted by molar-refractivity contribution is 6.27. The van der Waals surface area contributed by atoms with Gasteiger partial charge in [-0.15, -0.1) is 0 Å². The first-order chi connectivity index (χ1) is 32.2. The standard InChI is InChI=1S/C61H35NO3/c1-2-12-37(13-3-1)58-59-48-16-4-8-18-51(48)62-61(50(59)35-57-60(58)49-17-7-11-21-54(49)65-57)38-24-22-36(23-25-38)41-30-42(39-26-28-46-44-14-5-9-19-52(44)63-55(46)33-39)32-43(31-41)40-27-29-47-45-15-6-10-20-53(45)64-56(47)34-40/h1-35H. The Hall–Kier alpha value is -8.73.